The van der Waals surface area contributed by atoms with E-state index in [1.807, 2.05) is 0 Å². The Morgan fingerprint density at radius 1 is 1.26 bits per heavy atom. The molecule has 0 amide bonds. The summed E-state index contributed by atoms with van der Waals surface area (Å²) in [5.41, 5.74) is 3.75. The number of benzene rings is 1. The number of hydrogen-bond acceptors (Lipinski definition) is 4. The van der Waals surface area contributed by atoms with Crippen molar-refractivity contribution in [1.29, 1.82) is 0 Å². The summed E-state index contributed by atoms with van der Waals surface area (Å²) in [5, 5.41) is 0. The average molecular weight is 336 g/mol. The van der Waals surface area contributed by atoms with Crippen molar-refractivity contribution in [3.8, 4) is 0 Å². The summed E-state index contributed by atoms with van der Waals surface area (Å²) in [7, 11) is 0. The Morgan fingerprint density at radius 3 is 2.48 bits per heavy atom. The highest BCUT2D eigenvalue weighted by atomic mass is 32.1. The van der Waals surface area contributed by atoms with Crippen LogP contribution in [0.2, 0.25) is 0 Å². The number of thiol groups is 1. The Kier molecular flexibility index (Phi) is 8.38. The van der Waals surface area contributed by atoms with Crippen molar-refractivity contribution in [3.05, 3.63) is 34.9 Å². The van der Waals surface area contributed by atoms with Crippen LogP contribution in [0.15, 0.2) is 18.2 Å². The van der Waals surface area contributed by atoms with E-state index in [9.17, 15) is 9.59 Å². The molecule has 0 radical (unpaired) electrons. The molecule has 0 bridgehead atoms. The second-order valence-electron chi connectivity index (χ2n) is 6.26. The van der Waals surface area contributed by atoms with E-state index in [-0.39, 0.29) is 23.6 Å². The Morgan fingerprint density at radius 2 is 1.96 bits per heavy atom. The molecule has 0 aliphatic heterocycles. The summed E-state index contributed by atoms with van der Waals surface area (Å²) < 4.78 is 5.00. The van der Waals surface area contributed by atoms with Crippen molar-refractivity contribution in [2.45, 2.75) is 47.0 Å². The maximum atomic E-state index is 12.0. The van der Waals surface area contributed by atoms with Gasteiger partial charge in [-0.15, -0.1) is 0 Å². The van der Waals surface area contributed by atoms with Gasteiger partial charge in [0.05, 0.1) is 6.61 Å². The van der Waals surface area contributed by atoms with Crippen LogP contribution in [-0.2, 0) is 27.2 Å². The third kappa shape index (κ3) is 6.78. The highest BCUT2D eigenvalue weighted by molar-refractivity contribution is 7.80. The third-order valence-electron chi connectivity index (χ3n) is 4.33. The number of ether oxygens (including phenoxy) is 1. The lowest BCUT2D eigenvalue weighted by molar-refractivity contribution is -0.141. The zero-order valence-electron chi connectivity index (χ0n) is 14.6. The molecule has 2 unspecified atom stereocenters. The van der Waals surface area contributed by atoms with Crippen LogP contribution in [0.25, 0.3) is 0 Å². The zero-order valence-corrected chi connectivity index (χ0v) is 15.5. The molecule has 0 saturated heterocycles. The summed E-state index contributed by atoms with van der Waals surface area (Å²) in [6.07, 6.45) is 2.41. The Bertz CT molecular complexity index is 539. The molecule has 3 nitrogen and oxygen atoms in total. The van der Waals surface area contributed by atoms with Crippen molar-refractivity contribution in [2.75, 3.05) is 12.4 Å². The van der Waals surface area contributed by atoms with Gasteiger partial charge in [-0.1, -0.05) is 25.1 Å². The van der Waals surface area contributed by atoms with Crippen molar-refractivity contribution in [1.82, 2.24) is 0 Å². The van der Waals surface area contributed by atoms with Crippen LogP contribution in [0.3, 0.4) is 0 Å². The Labute approximate surface area is 145 Å². The second-order valence-corrected chi connectivity index (χ2v) is 6.71. The Balaban J connectivity index is 2.73. The van der Waals surface area contributed by atoms with E-state index in [2.05, 4.69) is 44.7 Å². The molecule has 1 rings (SSSR count). The summed E-state index contributed by atoms with van der Waals surface area (Å²) in [6, 6.07) is 6.43. The number of rotatable bonds is 9. The fraction of sp³-hybridized carbons (Fsp3) is 0.579. The van der Waals surface area contributed by atoms with E-state index in [1.165, 1.54) is 23.6 Å². The minimum Gasteiger partial charge on any atom is -0.466 e. The number of carbonyl (C=O) groups excluding carboxylic acids is 2. The number of esters is 1. The summed E-state index contributed by atoms with van der Waals surface area (Å²) >= 11 is 4.28. The monoisotopic (exact) mass is 336 g/mol. The van der Waals surface area contributed by atoms with Gasteiger partial charge in [-0.2, -0.15) is 12.6 Å². The lowest BCUT2D eigenvalue weighted by atomic mass is 9.83. The van der Waals surface area contributed by atoms with E-state index < -0.39 is 0 Å². The van der Waals surface area contributed by atoms with Gasteiger partial charge in [0.2, 0.25) is 0 Å². The first-order valence-electron chi connectivity index (χ1n) is 8.18. The summed E-state index contributed by atoms with van der Waals surface area (Å²) in [6.45, 7) is 7.59. The molecule has 0 aliphatic carbocycles. The maximum Gasteiger partial charge on any atom is 0.302 e. The molecule has 1 aromatic carbocycles. The van der Waals surface area contributed by atoms with E-state index >= 15 is 0 Å². The van der Waals surface area contributed by atoms with Crippen molar-refractivity contribution in [2.24, 2.45) is 11.8 Å². The van der Waals surface area contributed by atoms with Gasteiger partial charge >= 0.3 is 5.97 Å². The molecule has 0 heterocycles. The van der Waals surface area contributed by atoms with E-state index in [0.717, 1.165) is 18.6 Å². The molecular weight excluding hydrogens is 308 g/mol. The first kappa shape index (κ1) is 19.8. The molecule has 0 spiro atoms. The Hall–Kier alpha value is -1.29. The van der Waals surface area contributed by atoms with Crippen LogP contribution in [0.5, 0.6) is 0 Å². The van der Waals surface area contributed by atoms with Crippen LogP contribution >= 0.6 is 12.6 Å². The molecule has 1 aromatic rings. The minimum absolute atomic E-state index is 0.0410. The molecule has 128 valence electrons. The first-order valence-corrected chi connectivity index (χ1v) is 8.81. The standard InChI is InChI=1S/C19H28O3S/c1-13(7-9-22-16(4)21)19(15(3)20)12-17-5-6-18(8-10-23)14(2)11-17/h5-6,11,13,19,23H,7-10,12H2,1-4H3. The van der Waals surface area contributed by atoms with Crippen molar-refractivity contribution >= 4 is 24.4 Å². The lowest BCUT2D eigenvalue weighted by Gasteiger charge is -2.22. The van der Waals surface area contributed by atoms with Crippen LogP contribution < -0.4 is 0 Å². The predicted octanol–water partition coefficient (Wildman–Crippen LogP) is 3.80. The largest absolute Gasteiger partial charge is 0.466 e. The highest BCUT2D eigenvalue weighted by Crippen LogP contribution is 2.23. The number of Topliss-reactive ketones (excluding diaryl/α,β-unsaturated/α-hetero) is 1. The lowest BCUT2D eigenvalue weighted by Crippen LogP contribution is -2.23. The number of carbonyl (C=O) groups is 2. The van der Waals surface area contributed by atoms with Crippen LogP contribution in [0, 0.1) is 18.8 Å². The molecule has 0 N–H and O–H groups in total. The summed E-state index contributed by atoms with van der Waals surface area (Å²) in [4.78, 5) is 22.9. The zero-order chi connectivity index (χ0) is 17.4. The number of ketones is 1. The van der Waals surface area contributed by atoms with E-state index in [0.29, 0.717) is 13.0 Å². The summed E-state index contributed by atoms with van der Waals surface area (Å²) in [5.74, 6) is 0.901. The van der Waals surface area contributed by atoms with Crippen molar-refractivity contribution in [3.63, 3.8) is 0 Å². The van der Waals surface area contributed by atoms with Gasteiger partial charge in [0.15, 0.2) is 0 Å². The number of hydrogen-bond donors (Lipinski definition) is 1. The van der Waals surface area contributed by atoms with Crippen LogP contribution in [0.1, 0.15) is 43.9 Å². The van der Waals surface area contributed by atoms with Crippen LogP contribution in [-0.4, -0.2) is 24.1 Å². The van der Waals surface area contributed by atoms with Gasteiger partial charge in [0, 0.05) is 12.8 Å². The molecule has 23 heavy (non-hydrogen) atoms. The van der Waals surface area contributed by atoms with Gasteiger partial charge in [-0.05, 0) is 61.5 Å². The fourth-order valence-corrected chi connectivity index (χ4v) is 3.12. The highest BCUT2D eigenvalue weighted by Gasteiger charge is 2.22. The van der Waals surface area contributed by atoms with Crippen LogP contribution in [0.4, 0.5) is 0 Å². The third-order valence-corrected chi connectivity index (χ3v) is 4.55. The number of aryl methyl sites for hydroxylation is 2. The predicted molar refractivity (Wildman–Crippen MR) is 97.0 cm³/mol. The van der Waals surface area contributed by atoms with Gasteiger partial charge in [0.25, 0.3) is 0 Å². The molecule has 0 aliphatic rings. The second kappa shape index (κ2) is 9.76. The fourth-order valence-electron chi connectivity index (χ4n) is 2.88. The van der Waals surface area contributed by atoms with E-state index in [4.69, 9.17) is 4.74 Å². The van der Waals surface area contributed by atoms with Gasteiger partial charge < -0.3 is 4.74 Å². The molecular formula is C19H28O3S. The normalized spacial score (nSPS) is 13.4. The quantitative estimate of drug-likeness (QED) is 0.551. The van der Waals surface area contributed by atoms with Gasteiger partial charge in [-0.25, -0.2) is 0 Å². The average Bonchev–Trinajstić information content (AvgIpc) is 2.46. The van der Waals surface area contributed by atoms with E-state index in [1.54, 1.807) is 6.92 Å². The van der Waals surface area contributed by atoms with Gasteiger partial charge in [0.1, 0.15) is 5.78 Å². The smallest absolute Gasteiger partial charge is 0.302 e. The first-order chi connectivity index (χ1) is 10.8. The molecule has 4 heteroatoms. The maximum absolute atomic E-state index is 12.0. The van der Waals surface area contributed by atoms with Gasteiger partial charge in [-0.3, -0.25) is 9.59 Å². The molecule has 0 aromatic heterocycles. The molecule has 0 saturated carbocycles. The van der Waals surface area contributed by atoms with Crippen molar-refractivity contribution < 1.29 is 14.3 Å². The SMILES string of the molecule is CC(=O)OCCC(C)C(Cc1ccc(CCS)c(C)c1)C(C)=O. The topological polar surface area (TPSA) is 43.4 Å². The molecule has 0 fully saturated rings. The molecule has 2 atom stereocenters. The minimum atomic E-state index is -0.271.